The Bertz CT molecular complexity index is 1440. The molecule has 2 aromatic heterocycles. The second-order valence-corrected chi connectivity index (χ2v) is 12.1. The summed E-state index contributed by atoms with van der Waals surface area (Å²) in [5.74, 6) is 0. The van der Waals surface area contributed by atoms with Gasteiger partial charge in [-0.1, -0.05) is 12.1 Å². The van der Waals surface area contributed by atoms with Crippen molar-refractivity contribution in [2.75, 3.05) is 36.3 Å². The van der Waals surface area contributed by atoms with Gasteiger partial charge < -0.3 is 18.9 Å². The summed E-state index contributed by atoms with van der Waals surface area (Å²) in [6, 6.07) is 7.47. The van der Waals surface area contributed by atoms with Crippen LogP contribution < -0.4 is 15.4 Å². The first-order chi connectivity index (χ1) is 18.0. The van der Waals surface area contributed by atoms with Crippen molar-refractivity contribution in [1.82, 2.24) is 14.5 Å². The van der Waals surface area contributed by atoms with Gasteiger partial charge in [-0.05, 0) is 58.2 Å². The fourth-order valence-corrected chi connectivity index (χ4v) is 5.51. The highest BCUT2D eigenvalue weighted by atomic mass is 32.2. The summed E-state index contributed by atoms with van der Waals surface area (Å²) in [6.07, 6.45) is 4.17. The Morgan fingerprint density at radius 3 is 2.58 bits per heavy atom. The standard InChI is InChI=1S/C27H33N5O5S/c1-16-8-7-9-20-22(16)31(26(34)37-27(2,3)4)11-10-30(20)21-12-17-15-28-25(38(6)35)29-23(17)32(24(21)33)18-13-19(14-18)36-5/h7-9,12,15,18-19H,10-11,13-14H2,1-6H3. The third kappa shape index (κ3) is 4.74. The SMILES string of the molecule is COC1CC(n2c(=O)c(N3CCN(C(=O)OC(C)(C)C)c4c(C)cccc43)cc3cnc([S+](C)[O-])nc32)C1. The molecule has 0 N–H and O–H groups in total. The zero-order valence-corrected chi connectivity index (χ0v) is 23.4. The molecule has 0 bridgehead atoms. The number of fused-ring (bicyclic) bond motifs is 2. The summed E-state index contributed by atoms with van der Waals surface area (Å²) < 4.78 is 25.0. The molecule has 0 radical (unpaired) electrons. The maximum atomic E-state index is 14.1. The van der Waals surface area contributed by atoms with E-state index in [0.717, 1.165) is 16.9 Å². The summed E-state index contributed by atoms with van der Waals surface area (Å²) in [6.45, 7) is 8.22. The van der Waals surface area contributed by atoms with E-state index in [1.54, 1.807) is 28.8 Å². The number of methoxy groups -OCH3 is 1. The lowest BCUT2D eigenvalue weighted by molar-refractivity contribution is 0.00637. The molecule has 11 heteroatoms. The molecule has 3 aromatic rings. The Kier molecular flexibility index (Phi) is 6.87. The van der Waals surface area contributed by atoms with Crippen LogP contribution in [0.1, 0.15) is 45.2 Å². The van der Waals surface area contributed by atoms with Crippen molar-refractivity contribution >= 4 is 45.4 Å². The van der Waals surface area contributed by atoms with Gasteiger partial charge in [-0.3, -0.25) is 14.3 Å². The van der Waals surface area contributed by atoms with E-state index in [1.807, 2.05) is 50.8 Å². The van der Waals surface area contributed by atoms with Gasteiger partial charge in [-0.2, -0.15) is 9.97 Å². The second-order valence-electron chi connectivity index (χ2n) is 10.8. The number of aromatic nitrogens is 3. The Balaban J connectivity index is 1.64. The van der Waals surface area contributed by atoms with Gasteiger partial charge >= 0.3 is 11.2 Å². The lowest BCUT2D eigenvalue weighted by Crippen LogP contribution is -2.47. The minimum atomic E-state index is -1.39. The number of para-hydroxylation sites is 1. The lowest BCUT2D eigenvalue weighted by Gasteiger charge is -2.40. The number of hydrogen-bond donors (Lipinski definition) is 0. The highest BCUT2D eigenvalue weighted by Gasteiger charge is 2.36. The van der Waals surface area contributed by atoms with E-state index in [4.69, 9.17) is 9.47 Å². The topological polar surface area (TPSA) is 113 Å². The Hall–Kier alpha value is -3.15. The van der Waals surface area contributed by atoms with Crippen LogP contribution in [0.4, 0.5) is 21.9 Å². The molecule has 38 heavy (non-hydrogen) atoms. The van der Waals surface area contributed by atoms with Gasteiger partial charge in [-0.15, -0.1) is 0 Å². The molecular formula is C27H33N5O5S. The first kappa shape index (κ1) is 26.5. The molecule has 1 aromatic carbocycles. The van der Waals surface area contributed by atoms with E-state index in [0.29, 0.717) is 42.7 Å². The van der Waals surface area contributed by atoms with Gasteiger partial charge in [0.05, 0.1) is 17.5 Å². The summed E-state index contributed by atoms with van der Waals surface area (Å²) in [7, 11) is 1.67. The summed E-state index contributed by atoms with van der Waals surface area (Å²) in [5, 5.41) is 0.867. The van der Waals surface area contributed by atoms with Crippen molar-refractivity contribution in [1.29, 1.82) is 0 Å². The van der Waals surface area contributed by atoms with E-state index < -0.39 is 22.9 Å². The average Bonchev–Trinajstić information content (AvgIpc) is 2.82. The van der Waals surface area contributed by atoms with Gasteiger partial charge in [0.1, 0.15) is 17.5 Å². The van der Waals surface area contributed by atoms with Crippen molar-refractivity contribution in [3.05, 3.63) is 46.4 Å². The van der Waals surface area contributed by atoms with Crippen molar-refractivity contribution < 1.29 is 18.8 Å². The molecule has 5 rings (SSSR count). The smallest absolute Gasteiger partial charge is 0.414 e. The van der Waals surface area contributed by atoms with Gasteiger partial charge in [0.15, 0.2) is 5.65 Å². The molecule has 2 aliphatic rings. The molecule has 1 aliphatic heterocycles. The first-order valence-corrected chi connectivity index (χ1v) is 14.2. The molecule has 0 saturated heterocycles. The van der Waals surface area contributed by atoms with E-state index >= 15 is 0 Å². The van der Waals surface area contributed by atoms with Gasteiger partial charge in [0, 0.05) is 49.0 Å². The average molecular weight is 540 g/mol. The third-order valence-corrected chi connectivity index (χ3v) is 7.70. The Morgan fingerprint density at radius 2 is 1.92 bits per heavy atom. The second kappa shape index (κ2) is 9.87. The van der Waals surface area contributed by atoms with Crippen LogP contribution in [0, 0.1) is 6.92 Å². The Morgan fingerprint density at radius 1 is 1.18 bits per heavy atom. The van der Waals surface area contributed by atoms with Gasteiger partial charge in [-0.25, -0.2) is 4.79 Å². The molecule has 3 heterocycles. The molecule has 1 aliphatic carbocycles. The number of carbonyl (C=O) groups is 1. The van der Waals surface area contributed by atoms with Crippen molar-refractivity contribution in [3.63, 3.8) is 0 Å². The first-order valence-electron chi connectivity index (χ1n) is 12.6. The van der Waals surface area contributed by atoms with Gasteiger partial charge in [0.25, 0.3) is 5.56 Å². The number of benzene rings is 1. The van der Waals surface area contributed by atoms with E-state index in [2.05, 4.69) is 9.97 Å². The van der Waals surface area contributed by atoms with Crippen molar-refractivity contribution in [3.8, 4) is 0 Å². The fraction of sp³-hybridized carbons (Fsp3) is 0.481. The van der Waals surface area contributed by atoms with Crippen molar-refractivity contribution in [2.45, 2.75) is 63.4 Å². The number of hydrogen-bond acceptors (Lipinski definition) is 8. The number of rotatable bonds is 4. The number of carbonyl (C=O) groups excluding carboxylic acids is 1. The third-order valence-electron chi connectivity index (χ3n) is 6.99. The van der Waals surface area contributed by atoms with Crippen LogP contribution in [-0.2, 0) is 20.6 Å². The van der Waals surface area contributed by atoms with Gasteiger partial charge in [0.2, 0.25) is 0 Å². The van der Waals surface area contributed by atoms with Crippen LogP contribution in [0.25, 0.3) is 11.0 Å². The summed E-state index contributed by atoms with van der Waals surface area (Å²) in [4.78, 5) is 39.7. The van der Waals surface area contributed by atoms with E-state index in [1.165, 1.54) is 6.26 Å². The molecule has 10 nitrogen and oxygen atoms in total. The molecule has 1 amide bonds. The highest BCUT2D eigenvalue weighted by Crippen LogP contribution is 2.41. The number of aryl methyl sites for hydroxylation is 1. The maximum Gasteiger partial charge on any atom is 0.414 e. The fourth-order valence-electron chi connectivity index (χ4n) is 5.10. The molecule has 1 unspecified atom stereocenters. The van der Waals surface area contributed by atoms with Crippen LogP contribution in [0.2, 0.25) is 0 Å². The monoisotopic (exact) mass is 539 g/mol. The molecule has 1 saturated carbocycles. The largest absolute Gasteiger partial charge is 0.609 e. The lowest BCUT2D eigenvalue weighted by atomic mass is 9.88. The van der Waals surface area contributed by atoms with Crippen LogP contribution >= 0.6 is 0 Å². The molecular weight excluding hydrogens is 506 g/mol. The highest BCUT2D eigenvalue weighted by molar-refractivity contribution is 7.90. The zero-order valence-electron chi connectivity index (χ0n) is 22.6. The quantitative estimate of drug-likeness (QED) is 0.360. The predicted molar refractivity (Wildman–Crippen MR) is 147 cm³/mol. The number of ether oxygens (including phenoxy) is 2. The predicted octanol–water partition coefficient (Wildman–Crippen LogP) is 4.08. The Labute approximate surface area is 224 Å². The number of amides is 1. The zero-order chi connectivity index (χ0) is 27.4. The summed E-state index contributed by atoms with van der Waals surface area (Å²) >= 11 is -1.39. The van der Waals surface area contributed by atoms with Crippen molar-refractivity contribution in [2.24, 2.45) is 0 Å². The van der Waals surface area contributed by atoms with Crippen LogP contribution in [0.5, 0.6) is 0 Å². The minimum Gasteiger partial charge on any atom is -0.609 e. The summed E-state index contributed by atoms with van der Waals surface area (Å²) in [5.41, 5.74) is 2.49. The van der Waals surface area contributed by atoms with Crippen LogP contribution in [0.3, 0.4) is 0 Å². The maximum absolute atomic E-state index is 14.1. The van der Waals surface area contributed by atoms with E-state index in [9.17, 15) is 14.1 Å². The normalized spacial score (nSPS) is 20.2. The molecule has 0 spiro atoms. The molecule has 1 fully saturated rings. The van der Waals surface area contributed by atoms with Crippen LogP contribution in [-0.4, -0.2) is 63.3 Å². The van der Waals surface area contributed by atoms with Crippen LogP contribution in [0.15, 0.2) is 40.4 Å². The van der Waals surface area contributed by atoms with E-state index in [-0.39, 0.29) is 22.9 Å². The molecule has 202 valence electrons. The minimum absolute atomic E-state index is 0.0768. The number of nitrogens with zero attached hydrogens (tertiary/aromatic N) is 5. The number of pyridine rings is 1. The molecule has 1 atom stereocenters. The number of anilines is 3.